The number of hydrogen-bond donors (Lipinski definition) is 1. The van der Waals surface area contributed by atoms with Crippen LogP contribution in [-0.4, -0.2) is 14.5 Å². The Morgan fingerprint density at radius 3 is 2.65 bits per heavy atom. The van der Waals surface area contributed by atoms with E-state index in [1.807, 2.05) is 30.9 Å². The van der Waals surface area contributed by atoms with Gasteiger partial charge in [-0.3, -0.25) is 0 Å². The molecule has 0 aliphatic carbocycles. The fraction of sp³-hybridized carbons (Fsp3) is 0.0556. The fourth-order valence-corrected chi connectivity index (χ4v) is 3.37. The van der Waals surface area contributed by atoms with Crippen LogP contribution in [0, 0.1) is 5.82 Å². The average molecular weight is 323 g/mol. The molecule has 0 aliphatic heterocycles. The molecule has 114 valence electrons. The third kappa shape index (κ3) is 2.71. The van der Waals surface area contributed by atoms with Gasteiger partial charge in [0.15, 0.2) is 0 Å². The van der Waals surface area contributed by atoms with Crippen LogP contribution in [0.2, 0.25) is 0 Å². The molecule has 3 nitrogen and oxygen atoms in total. The van der Waals surface area contributed by atoms with Crippen LogP contribution in [0.15, 0.2) is 66.6 Å². The summed E-state index contributed by atoms with van der Waals surface area (Å²) in [6, 6.07) is 12.7. The summed E-state index contributed by atoms with van der Waals surface area (Å²) in [5.74, 6) is -0.241. The van der Waals surface area contributed by atoms with Crippen molar-refractivity contribution in [2.45, 2.75) is 6.54 Å². The van der Waals surface area contributed by atoms with Crippen molar-refractivity contribution in [2.24, 2.45) is 0 Å². The first-order valence-electron chi connectivity index (χ1n) is 7.28. The highest BCUT2D eigenvalue weighted by atomic mass is 32.1. The molecular weight excluding hydrogens is 309 g/mol. The Balaban J connectivity index is 1.83. The molecule has 0 saturated heterocycles. The molecule has 0 saturated carbocycles. The van der Waals surface area contributed by atoms with Gasteiger partial charge in [-0.25, -0.2) is 9.37 Å². The highest BCUT2D eigenvalue weighted by Gasteiger charge is 2.16. The molecule has 0 fully saturated rings. The Morgan fingerprint density at radius 2 is 1.96 bits per heavy atom. The first kappa shape index (κ1) is 14.0. The van der Waals surface area contributed by atoms with E-state index in [1.54, 1.807) is 23.5 Å². The van der Waals surface area contributed by atoms with Crippen molar-refractivity contribution in [2.75, 3.05) is 0 Å². The molecule has 0 spiro atoms. The van der Waals surface area contributed by atoms with Crippen LogP contribution in [0.3, 0.4) is 0 Å². The second kappa shape index (κ2) is 5.85. The molecule has 0 bridgehead atoms. The van der Waals surface area contributed by atoms with Crippen molar-refractivity contribution in [1.29, 1.82) is 0 Å². The van der Waals surface area contributed by atoms with Crippen molar-refractivity contribution in [3.05, 3.63) is 77.3 Å². The molecule has 5 heteroatoms. The van der Waals surface area contributed by atoms with Gasteiger partial charge in [0.1, 0.15) is 5.82 Å². The van der Waals surface area contributed by atoms with Crippen LogP contribution in [-0.2, 0) is 6.54 Å². The quantitative estimate of drug-likeness (QED) is 0.575. The maximum atomic E-state index is 13.2. The fourth-order valence-electron chi connectivity index (χ4n) is 2.67. The zero-order valence-electron chi connectivity index (χ0n) is 12.2. The van der Waals surface area contributed by atoms with Crippen molar-refractivity contribution < 1.29 is 4.39 Å². The van der Waals surface area contributed by atoms with E-state index in [1.165, 1.54) is 17.0 Å². The van der Waals surface area contributed by atoms with E-state index in [2.05, 4.69) is 26.0 Å². The minimum Gasteiger partial charge on any atom is -0.367 e. The largest absolute Gasteiger partial charge is 0.367 e. The molecule has 0 aliphatic rings. The maximum Gasteiger partial charge on any atom is 0.123 e. The summed E-state index contributed by atoms with van der Waals surface area (Å²) in [5.41, 5.74) is 3.87. The highest BCUT2D eigenvalue weighted by Crippen LogP contribution is 2.32. The monoisotopic (exact) mass is 323 g/mol. The van der Waals surface area contributed by atoms with Gasteiger partial charge in [0.25, 0.3) is 0 Å². The van der Waals surface area contributed by atoms with Crippen LogP contribution in [0.5, 0.6) is 0 Å². The van der Waals surface area contributed by atoms with E-state index in [0.717, 1.165) is 29.1 Å². The van der Waals surface area contributed by atoms with E-state index in [0.29, 0.717) is 0 Å². The SMILES string of the molecule is Fc1ccc(-c2ncn(Cc3cccs3)c2-c2cc[nH]c2)cc1. The lowest BCUT2D eigenvalue weighted by Crippen LogP contribution is -1.99. The summed E-state index contributed by atoms with van der Waals surface area (Å²) in [6.45, 7) is 0.770. The van der Waals surface area contributed by atoms with Gasteiger partial charge in [-0.05, 0) is 41.8 Å². The number of halogens is 1. The Kier molecular flexibility index (Phi) is 3.55. The topological polar surface area (TPSA) is 33.6 Å². The lowest BCUT2D eigenvalue weighted by molar-refractivity contribution is 0.628. The third-order valence-electron chi connectivity index (χ3n) is 3.73. The number of nitrogens with zero attached hydrogens (tertiary/aromatic N) is 2. The molecule has 3 heterocycles. The predicted octanol–water partition coefficient (Wildman–Crippen LogP) is 4.79. The molecule has 4 aromatic rings. The minimum absolute atomic E-state index is 0.241. The van der Waals surface area contributed by atoms with Gasteiger partial charge in [0.05, 0.1) is 24.3 Å². The van der Waals surface area contributed by atoms with Crippen LogP contribution < -0.4 is 0 Å². The number of hydrogen-bond acceptors (Lipinski definition) is 2. The Hall–Kier alpha value is -2.66. The maximum absolute atomic E-state index is 13.2. The second-order valence-corrected chi connectivity index (χ2v) is 6.29. The summed E-state index contributed by atoms with van der Waals surface area (Å²) in [7, 11) is 0. The number of thiophene rings is 1. The van der Waals surface area contributed by atoms with Gasteiger partial charge in [0.2, 0.25) is 0 Å². The highest BCUT2D eigenvalue weighted by molar-refractivity contribution is 7.09. The normalized spacial score (nSPS) is 11.0. The summed E-state index contributed by atoms with van der Waals surface area (Å²) in [5, 5.41) is 2.07. The molecule has 0 unspecified atom stereocenters. The number of nitrogens with one attached hydrogen (secondary N) is 1. The van der Waals surface area contributed by atoms with Gasteiger partial charge in [0, 0.05) is 28.4 Å². The summed E-state index contributed by atoms with van der Waals surface area (Å²) < 4.78 is 15.3. The van der Waals surface area contributed by atoms with Crippen molar-refractivity contribution >= 4 is 11.3 Å². The Morgan fingerprint density at radius 1 is 1.09 bits per heavy atom. The molecule has 0 amide bonds. The first-order valence-corrected chi connectivity index (χ1v) is 8.16. The van der Waals surface area contributed by atoms with Crippen molar-refractivity contribution in [3.8, 4) is 22.5 Å². The van der Waals surface area contributed by atoms with Gasteiger partial charge >= 0.3 is 0 Å². The molecule has 4 rings (SSSR count). The van der Waals surface area contributed by atoms with Crippen LogP contribution in [0.25, 0.3) is 22.5 Å². The van der Waals surface area contributed by atoms with E-state index in [-0.39, 0.29) is 5.82 Å². The first-order chi connectivity index (χ1) is 11.3. The van der Waals surface area contributed by atoms with Crippen molar-refractivity contribution in [1.82, 2.24) is 14.5 Å². The van der Waals surface area contributed by atoms with Crippen LogP contribution in [0.4, 0.5) is 4.39 Å². The second-order valence-electron chi connectivity index (χ2n) is 5.26. The molecule has 0 atom stereocenters. The van der Waals surface area contributed by atoms with E-state index < -0.39 is 0 Å². The van der Waals surface area contributed by atoms with E-state index >= 15 is 0 Å². The van der Waals surface area contributed by atoms with Gasteiger partial charge < -0.3 is 9.55 Å². The number of imidazole rings is 1. The standard InChI is InChI=1S/C18H14FN3S/c19-15-5-3-13(4-6-15)17-18(14-7-8-20-10-14)22(12-21-17)11-16-2-1-9-23-16/h1-10,12,20H,11H2. The summed E-state index contributed by atoms with van der Waals surface area (Å²) in [6.07, 6.45) is 5.70. The third-order valence-corrected chi connectivity index (χ3v) is 4.59. The molecule has 23 heavy (non-hydrogen) atoms. The average Bonchev–Trinajstić information content (AvgIpc) is 3.29. The number of benzene rings is 1. The smallest absolute Gasteiger partial charge is 0.123 e. The predicted molar refractivity (Wildman–Crippen MR) is 90.8 cm³/mol. The number of aromatic nitrogens is 3. The lowest BCUT2D eigenvalue weighted by Gasteiger charge is -2.08. The number of aromatic amines is 1. The van der Waals surface area contributed by atoms with Gasteiger partial charge in [-0.2, -0.15) is 0 Å². The molecule has 1 N–H and O–H groups in total. The van der Waals surface area contributed by atoms with Gasteiger partial charge in [-0.1, -0.05) is 6.07 Å². The molecule has 0 radical (unpaired) electrons. The number of rotatable bonds is 4. The van der Waals surface area contributed by atoms with Gasteiger partial charge in [-0.15, -0.1) is 11.3 Å². The molecular formula is C18H14FN3S. The Labute approximate surface area is 137 Å². The molecule has 1 aromatic carbocycles. The summed E-state index contributed by atoms with van der Waals surface area (Å²) in [4.78, 5) is 8.95. The summed E-state index contributed by atoms with van der Waals surface area (Å²) >= 11 is 1.72. The minimum atomic E-state index is -0.241. The molecule has 3 aromatic heterocycles. The number of H-pyrrole nitrogens is 1. The van der Waals surface area contributed by atoms with Crippen LogP contribution >= 0.6 is 11.3 Å². The van der Waals surface area contributed by atoms with E-state index in [4.69, 9.17) is 0 Å². The van der Waals surface area contributed by atoms with Crippen molar-refractivity contribution in [3.63, 3.8) is 0 Å². The lowest BCUT2D eigenvalue weighted by atomic mass is 10.1. The van der Waals surface area contributed by atoms with Crippen LogP contribution in [0.1, 0.15) is 4.88 Å². The zero-order valence-corrected chi connectivity index (χ0v) is 13.1. The Bertz CT molecular complexity index is 891. The van der Waals surface area contributed by atoms with E-state index in [9.17, 15) is 4.39 Å². The zero-order chi connectivity index (χ0) is 15.6.